The van der Waals surface area contributed by atoms with Crippen LogP contribution in [0, 0.1) is 13.8 Å². The summed E-state index contributed by atoms with van der Waals surface area (Å²) in [7, 11) is 0. The molecule has 0 saturated heterocycles. The van der Waals surface area contributed by atoms with E-state index in [1.165, 1.54) is 4.57 Å². The molecule has 2 heterocycles. The van der Waals surface area contributed by atoms with Crippen LogP contribution in [0.3, 0.4) is 0 Å². The van der Waals surface area contributed by atoms with E-state index in [1.54, 1.807) is 6.20 Å². The fraction of sp³-hybridized carbons (Fsp3) is 0.133. The van der Waals surface area contributed by atoms with E-state index in [0.717, 1.165) is 17.0 Å². The molecule has 0 bridgehead atoms. The third-order valence-electron chi connectivity index (χ3n) is 2.88. The molecule has 3 rings (SSSR count). The lowest BCUT2D eigenvalue weighted by atomic mass is 10.2. The molecule has 0 fully saturated rings. The van der Waals surface area contributed by atoms with E-state index in [-0.39, 0.29) is 0 Å². The van der Waals surface area contributed by atoms with Crippen molar-refractivity contribution in [2.24, 2.45) is 0 Å². The van der Waals surface area contributed by atoms with Crippen LogP contribution in [0.15, 0.2) is 51.8 Å². The second-order valence-corrected chi connectivity index (χ2v) is 4.55. The Morgan fingerprint density at radius 1 is 1.05 bits per heavy atom. The molecule has 0 radical (unpaired) electrons. The first-order valence-electron chi connectivity index (χ1n) is 6.24. The van der Waals surface area contributed by atoms with Crippen LogP contribution in [-0.4, -0.2) is 14.5 Å². The summed E-state index contributed by atoms with van der Waals surface area (Å²) < 4.78 is 6.58. The Hall–Kier alpha value is -2.69. The Kier molecular flexibility index (Phi) is 2.95. The van der Waals surface area contributed by atoms with Crippen molar-refractivity contribution in [1.29, 1.82) is 0 Å². The molecular formula is C15H13N3O2. The predicted molar refractivity (Wildman–Crippen MR) is 74.8 cm³/mol. The summed E-state index contributed by atoms with van der Waals surface area (Å²) in [5.74, 6) is 0.339. The van der Waals surface area contributed by atoms with Gasteiger partial charge in [-0.25, -0.2) is 19.3 Å². The van der Waals surface area contributed by atoms with Gasteiger partial charge in [-0.2, -0.15) is 0 Å². The van der Waals surface area contributed by atoms with Crippen LogP contribution < -0.4 is 5.76 Å². The lowest BCUT2D eigenvalue weighted by molar-refractivity contribution is 0.513. The summed E-state index contributed by atoms with van der Waals surface area (Å²) in [5, 5.41) is 0. The minimum atomic E-state index is -0.492. The molecule has 2 aromatic heterocycles. The average molecular weight is 267 g/mol. The number of nitrogens with zero attached hydrogens (tertiary/aromatic N) is 3. The fourth-order valence-corrected chi connectivity index (χ4v) is 2.03. The maximum absolute atomic E-state index is 12.0. The lowest BCUT2D eigenvalue weighted by Crippen LogP contribution is -2.14. The van der Waals surface area contributed by atoms with E-state index >= 15 is 0 Å². The normalized spacial score (nSPS) is 10.7. The maximum atomic E-state index is 12.0. The molecular weight excluding hydrogens is 254 g/mol. The fourth-order valence-electron chi connectivity index (χ4n) is 2.03. The van der Waals surface area contributed by atoms with Crippen molar-refractivity contribution in [2.75, 3.05) is 0 Å². The highest BCUT2D eigenvalue weighted by atomic mass is 16.4. The first-order valence-corrected chi connectivity index (χ1v) is 6.24. The SMILES string of the molecule is Cc1cc(C)nc(-n2cc(-c3ccccc3)oc2=O)n1. The molecule has 0 amide bonds. The van der Waals surface area contributed by atoms with Gasteiger partial charge in [-0.3, -0.25) is 0 Å². The molecule has 5 nitrogen and oxygen atoms in total. The minimum Gasteiger partial charge on any atom is -0.407 e. The van der Waals surface area contributed by atoms with Crippen molar-refractivity contribution in [3.05, 3.63) is 64.5 Å². The van der Waals surface area contributed by atoms with Crippen LogP contribution in [-0.2, 0) is 0 Å². The second-order valence-electron chi connectivity index (χ2n) is 4.55. The van der Waals surface area contributed by atoms with Crippen LogP contribution in [0.5, 0.6) is 0 Å². The molecule has 0 aliphatic rings. The molecule has 0 atom stereocenters. The van der Waals surface area contributed by atoms with E-state index < -0.39 is 5.76 Å². The quantitative estimate of drug-likeness (QED) is 0.715. The summed E-state index contributed by atoms with van der Waals surface area (Å²) in [6.07, 6.45) is 1.62. The van der Waals surface area contributed by atoms with Gasteiger partial charge in [0.1, 0.15) is 0 Å². The third kappa shape index (κ3) is 2.25. The Bertz CT molecular complexity index is 783. The maximum Gasteiger partial charge on any atom is 0.426 e. The number of oxazole rings is 1. The van der Waals surface area contributed by atoms with Gasteiger partial charge >= 0.3 is 5.76 Å². The number of aromatic nitrogens is 3. The zero-order valence-electron chi connectivity index (χ0n) is 11.2. The first-order chi connectivity index (χ1) is 9.63. The molecule has 0 spiro atoms. The molecule has 0 saturated carbocycles. The largest absolute Gasteiger partial charge is 0.426 e. The van der Waals surface area contributed by atoms with Crippen LogP contribution in [0.1, 0.15) is 11.4 Å². The summed E-state index contributed by atoms with van der Waals surface area (Å²) in [6, 6.07) is 11.3. The summed E-state index contributed by atoms with van der Waals surface area (Å²) in [6.45, 7) is 3.73. The highest BCUT2D eigenvalue weighted by Gasteiger charge is 2.12. The Morgan fingerprint density at radius 2 is 1.70 bits per heavy atom. The summed E-state index contributed by atoms with van der Waals surface area (Å²) in [4.78, 5) is 20.5. The van der Waals surface area contributed by atoms with Crippen LogP contribution >= 0.6 is 0 Å². The van der Waals surface area contributed by atoms with E-state index in [4.69, 9.17) is 4.42 Å². The molecule has 3 aromatic rings. The van der Waals surface area contributed by atoms with E-state index in [1.807, 2.05) is 50.2 Å². The predicted octanol–water partition coefficient (Wildman–Crippen LogP) is 2.50. The Morgan fingerprint density at radius 3 is 2.35 bits per heavy atom. The minimum absolute atomic E-state index is 0.332. The number of benzene rings is 1. The van der Waals surface area contributed by atoms with E-state index in [0.29, 0.717) is 11.7 Å². The van der Waals surface area contributed by atoms with E-state index in [9.17, 15) is 4.79 Å². The number of aryl methyl sites for hydroxylation is 2. The molecule has 0 N–H and O–H groups in total. The van der Waals surface area contributed by atoms with Crippen molar-refractivity contribution >= 4 is 0 Å². The van der Waals surface area contributed by atoms with Crippen LogP contribution in [0.4, 0.5) is 0 Å². The van der Waals surface area contributed by atoms with Gasteiger partial charge < -0.3 is 4.42 Å². The van der Waals surface area contributed by atoms with E-state index in [2.05, 4.69) is 9.97 Å². The molecule has 20 heavy (non-hydrogen) atoms. The number of hydrogen-bond acceptors (Lipinski definition) is 4. The Labute approximate surface area is 115 Å². The van der Waals surface area contributed by atoms with Gasteiger partial charge in [-0.1, -0.05) is 30.3 Å². The van der Waals surface area contributed by atoms with Crippen LogP contribution in [0.2, 0.25) is 0 Å². The molecule has 0 unspecified atom stereocenters. The van der Waals surface area contributed by atoms with Crippen LogP contribution in [0.25, 0.3) is 17.3 Å². The van der Waals surface area contributed by atoms with Crippen molar-refractivity contribution in [2.45, 2.75) is 13.8 Å². The molecule has 0 aliphatic carbocycles. The smallest absolute Gasteiger partial charge is 0.407 e. The topological polar surface area (TPSA) is 60.9 Å². The van der Waals surface area contributed by atoms with Gasteiger partial charge in [-0.15, -0.1) is 0 Å². The first kappa shape index (κ1) is 12.3. The highest BCUT2D eigenvalue weighted by Crippen LogP contribution is 2.18. The molecule has 5 heteroatoms. The molecule has 100 valence electrons. The summed E-state index contributed by atoms with van der Waals surface area (Å²) in [5.41, 5.74) is 2.46. The zero-order valence-corrected chi connectivity index (χ0v) is 11.2. The third-order valence-corrected chi connectivity index (χ3v) is 2.88. The van der Waals surface area contributed by atoms with Gasteiger partial charge in [-0.05, 0) is 19.9 Å². The van der Waals surface area contributed by atoms with Gasteiger partial charge in [0.15, 0.2) is 5.76 Å². The lowest BCUT2D eigenvalue weighted by Gasteiger charge is -2.01. The average Bonchev–Trinajstić information content (AvgIpc) is 2.81. The van der Waals surface area contributed by atoms with Crippen molar-refractivity contribution in [1.82, 2.24) is 14.5 Å². The van der Waals surface area contributed by atoms with Crippen molar-refractivity contribution < 1.29 is 4.42 Å². The molecule has 1 aromatic carbocycles. The highest BCUT2D eigenvalue weighted by molar-refractivity contribution is 5.56. The molecule has 0 aliphatic heterocycles. The van der Waals surface area contributed by atoms with Gasteiger partial charge in [0.25, 0.3) is 0 Å². The van der Waals surface area contributed by atoms with Crippen molar-refractivity contribution in [3.63, 3.8) is 0 Å². The zero-order chi connectivity index (χ0) is 14.1. The van der Waals surface area contributed by atoms with Gasteiger partial charge in [0.2, 0.25) is 5.95 Å². The van der Waals surface area contributed by atoms with Gasteiger partial charge in [0, 0.05) is 17.0 Å². The Balaban J connectivity index is 2.12. The van der Waals surface area contributed by atoms with Crippen molar-refractivity contribution in [3.8, 4) is 17.3 Å². The second kappa shape index (κ2) is 4.77. The number of hydrogen-bond donors (Lipinski definition) is 0. The standard InChI is InChI=1S/C15H13N3O2/c1-10-8-11(2)17-14(16-10)18-9-13(20-15(18)19)12-6-4-3-5-7-12/h3-9H,1-2H3. The monoisotopic (exact) mass is 267 g/mol. The summed E-state index contributed by atoms with van der Waals surface area (Å²) >= 11 is 0. The number of rotatable bonds is 2. The van der Waals surface area contributed by atoms with Gasteiger partial charge in [0.05, 0.1) is 6.20 Å².